The molecule has 0 fully saturated rings. The second kappa shape index (κ2) is 8.09. The van der Waals surface area contributed by atoms with Crippen molar-refractivity contribution in [2.45, 2.75) is 49.2 Å². The molecule has 0 amide bonds. The number of ether oxygens (including phenoxy) is 1. The molecule has 0 unspecified atom stereocenters. The van der Waals surface area contributed by atoms with Crippen LogP contribution in [0.1, 0.15) is 42.4 Å². The first-order chi connectivity index (χ1) is 14.7. The van der Waals surface area contributed by atoms with Gasteiger partial charge in [0.2, 0.25) is 15.7 Å². The zero-order valence-electron chi connectivity index (χ0n) is 17.8. The van der Waals surface area contributed by atoms with E-state index in [2.05, 4.69) is 5.10 Å². The van der Waals surface area contributed by atoms with Crippen molar-refractivity contribution >= 4 is 15.8 Å². The Balaban J connectivity index is 2.15. The molecule has 0 aliphatic rings. The predicted molar refractivity (Wildman–Crippen MR) is 110 cm³/mol. The van der Waals surface area contributed by atoms with Gasteiger partial charge in [0.15, 0.2) is 4.90 Å². The van der Waals surface area contributed by atoms with E-state index >= 15 is 0 Å². The second-order valence-corrected chi connectivity index (χ2v) is 9.97. The molecule has 6 nitrogen and oxygen atoms in total. The summed E-state index contributed by atoms with van der Waals surface area (Å²) in [6.45, 7) is 6.62. The monoisotopic (exact) mass is 466 g/mol. The lowest BCUT2D eigenvalue weighted by Gasteiger charge is -2.22. The van der Waals surface area contributed by atoms with Gasteiger partial charge in [0.25, 0.3) is 0 Å². The van der Waals surface area contributed by atoms with Crippen LogP contribution in [0.3, 0.4) is 0 Å². The number of sulfone groups is 1. The van der Waals surface area contributed by atoms with Crippen LogP contribution >= 0.6 is 0 Å². The van der Waals surface area contributed by atoms with Crippen molar-refractivity contribution in [3.63, 3.8) is 0 Å². The van der Waals surface area contributed by atoms with E-state index in [1.54, 1.807) is 39.0 Å². The molecule has 0 bridgehead atoms. The first-order valence-electron chi connectivity index (χ1n) is 9.52. The van der Waals surface area contributed by atoms with Crippen molar-refractivity contribution in [2.75, 3.05) is 0 Å². The standard InChI is InChI=1S/C22H21F3N2O4S/c1-14-18(32(29,30)17-11-6-5-7-12-17)19(27(26-14)21(2,3)4)31-20(28)15-9-8-10-16(13-15)22(23,24)25/h5-13H,1-4H3. The lowest BCUT2D eigenvalue weighted by Crippen LogP contribution is -2.26. The highest BCUT2D eigenvalue weighted by atomic mass is 32.2. The Bertz CT molecular complexity index is 1260. The Morgan fingerprint density at radius 2 is 1.62 bits per heavy atom. The maximum absolute atomic E-state index is 13.3. The van der Waals surface area contributed by atoms with Gasteiger partial charge in [0, 0.05) is 0 Å². The summed E-state index contributed by atoms with van der Waals surface area (Å²) in [5.74, 6) is -1.49. The minimum atomic E-state index is -4.65. The van der Waals surface area contributed by atoms with Gasteiger partial charge in [-0.2, -0.15) is 18.3 Å². The van der Waals surface area contributed by atoms with Crippen molar-refractivity contribution in [3.8, 4) is 5.88 Å². The van der Waals surface area contributed by atoms with E-state index in [-0.39, 0.29) is 26.9 Å². The molecule has 1 aromatic heterocycles. The van der Waals surface area contributed by atoms with E-state index in [9.17, 15) is 26.4 Å². The molecule has 32 heavy (non-hydrogen) atoms. The number of esters is 1. The first-order valence-corrected chi connectivity index (χ1v) is 11.0. The van der Waals surface area contributed by atoms with E-state index in [1.807, 2.05) is 0 Å². The fourth-order valence-corrected chi connectivity index (χ4v) is 4.57. The first kappa shape index (κ1) is 23.5. The highest BCUT2D eigenvalue weighted by molar-refractivity contribution is 7.91. The van der Waals surface area contributed by atoms with Crippen molar-refractivity contribution in [2.24, 2.45) is 0 Å². The van der Waals surface area contributed by atoms with Gasteiger partial charge >= 0.3 is 12.1 Å². The summed E-state index contributed by atoms with van der Waals surface area (Å²) in [5, 5.41) is 4.26. The van der Waals surface area contributed by atoms with E-state index in [0.29, 0.717) is 6.07 Å². The summed E-state index contributed by atoms with van der Waals surface area (Å²) in [5.41, 5.74) is -2.10. The third-order valence-electron chi connectivity index (χ3n) is 4.54. The Kier molecular flexibility index (Phi) is 5.94. The molecular weight excluding hydrogens is 445 g/mol. The second-order valence-electron chi connectivity index (χ2n) is 8.09. The maximum Gasteiger partial charge on any atom is 0.416 e. The summed E-state index contributed by atoms with van der Waals surface area (Å²) < 4.78 is 72.4. The minimum Gasteiger partial charge on any atom is -0.403 e. The molecule has 0 spiro atoms. The largest absolute Gasteiger partial charge is 0.416 e. The number of aryl methyl sites for hydroxylation is 1. The van der Waals surface area contributed by atoms with Crippen LogP contribution in [-0.4, -0.2) is 24.2 Å². The minimum absolute atomic E-state index is 0.0343. The van der Waals surface area contributed by atoms with E-state index in [1.165, 1.54) is 23.7 Å². The average molecular weight is 466 g/mol. The SMILES string of the molecule is Cc1nn(C(C)(C)C)c(OC(=O)c2cccc(C(F)(F)F)c2)c1S(=O)(=O)c1ccccc1. The molecule has 0 N–H and O–H groups in total. The van der Waals surface area contributed by atoms with Gasteiger partial charge in [-0.1, -0.05) is 24.3 Å². The molecule has 0 aliphatic carbocycles. The molecule has 3 aromatic rings. The van der Waals surface area contributed by atoms with E-state index in [0.717, 1.165) is 18.2 Å². The summed E-state index contributed by atoms with van der Waals surface area (Å²) in [6.07, 6.45) is -4.65. The molecule has 10 heteroatoms. The van der Waals surface area contributed by atoms with Crippen molar-refractivity contribution < 1.29 is 31.1 Å². The number of benzene rings is 2. The molecule has 1 heterocycles. The van der Waals surface area contributed by atoms with Crippen LogP contribution in [0, 0.1) is 6.92 Å². The summed E-state index contributed by atoms with van der Waals surface area (Å²) in [7, 11) is -4.14. The highest BCUT2D eigenvalue weighted by Gasteiger charge is 2.35. The Morgan fingerprint density at radius 1 is 1.00 bits per heavy atom. The number of carbonyl (C=O) groups is 1. The zero-order chi connectivity index (χ0) is 23.9. The molecule has 170 valence electrons. The van der Waals surface area contributed by atoms with Crippen LogP contribution in [0.5, 0.6) is 5.88 Å². The van der Waals surface area contributed by atoms with Crippen LogP contribution in [0.25, 0.3) is 0 Å². The van der Waals surface area contributed by atoms with Crippen LogP contribution in [-0.2, 0) is 21.6 Å². The number of carbonyl (C=O) groups excluding carboxylic acids is 1. The normalized spacial score (nSPS) is 12.6. The zero-order valence-corrected chi connectivity index (χ0v) is 18.6. The molecule has 0 radical (unpaired) electrons. The van der Waals surface area contributed by atoms with Crippen LogP contribution < -0.4 is 4.74 Å². The Labute approximate surface area is 183 Å². The van der Waals surface area contributed by atoms with Crippen molar-refractivity contribution in [1.82, 2.24) is 9.78 Å². The fourth-order valence-electron chi connectivity index (χ4n) is 3.03. The molecule has 0 saturated heterocycles. The Hall–Kier alpha value is -3.14. The van der Waals surface area contributed by atoms with E-state index < -0.39 is 33.1 Å². The highest BCUT2D eigenvalue weighted by Crippen LogP contribution is 2.36. The molecule has 0 aliphatic heterocycles. The summed E-state index contributed by atoms with van der Waals surface area (Å²) in [6, 6.07) is 11.2. The quantitative estimate of drug-likeness (QED) is 0.505. The van der Waals surface area contributed by atoms with Gasteiger partial charge in [-0.15, -0.1) is 0 Å². The van der Waals surface area contributed by atoms with Gasteiger partial charge in [-0.25, -0.2) is 17.9 Å². The fraction of sp³-hybridized carbons (Fsp3) is 0.273. The van der Waals surface area contributed by atoms with Gasteiger partial charge in [0.05, 0.1) is 27.3 Å². The summed E-state index contributed by atoms with van der Waals surface area (Å²) in [4.78, 5) is 12.4. The predicted octanol–water partition coefficient (Wildman–Crippen LogP) is 5.02. The number of halogens is 3. The van der Waals surface area contributed by atoms with Gasteiger partial charge in [0.1, 0.15) is 0 Å². The molecule has 2 aromatic carbocycles. The number of rotatable bonds is 4. The number of aromatic nitrogens is 2. The molecule has 3 rings (SSSR count). The third kappa shape index (κ3) is 4.55. The number of alkyl halides is 3. The van der Waals surface area contributed by atoms with Crippen LogP contribution in [0.15, 0.2) is 64.4 Å². The third-order valence-corrected chi connectivity index (χ3v) is 6.44. The number of hydrogen-bond acceptors (Lipinski definition) is 5. The number of nitrogens with zero attached hydrogens (tertiary/aromatic N) is 2. The van der Waals surface area contributed by atoms with Gasteiger partial charge in [-0.05, 0) is 58.0 Å². The molecule has 0 atom stereocenters. The van der Waals surface area contributed by atoms with Crippen LogP contribution in [0.2, 0.25) is 0 Å². The lowest BCUT2D eigenvalue weighted by atomic mass is 10.1. The smallest absolute Gasteiger partial charge is 0.403 e. The van der Waals surface area contributed by atoms with Gasteiger partial charge < -0.3 is 4.74 Å². The lowest BCUT2D eigenvalue weighted by molar-refractivity contribution is -0.137. The average Bonchev–Trinajstić information content (AvgIpc) is 3.05. The molecular formula is C22H21F3N2O4S. The van der Waals surface area contributed by atoms with Crippen molar-refractivity contribution in [3.05, 3.63) is 71.4 Å². The Morgan fingerprint density at radius 3 is 2.19 bits per heavy atom. The van der Waals surface area contributed by atoms with Crippen LogP contribution in [0.4, 0.5) is 13.2 Å². The van der Waals surface area contributed by atoms with Gasteiger partial charge in [-0.3, -0.25) is 0 Å². The topological polar surface area (TPSA) is 78.3 Å². The van der Waals surface area contributed by atoms with Crippen molar-refractivity contribution in [1.29, 1.82) is 0 Å². The maximum atomic E-state index is 13.3. The van der Waals surface area contributed by atoms with E-state index in [4.69, 9.17) is 4.74 Å². The number of hydrogen-bond donors (Lipinski definition) is 0. The summed E-state index contributed by atoms with van der Waals surface area (Å²) >= 11 is 0. The molecule has 0 saturated carbocycles.